The second-order valence-corrected chi connectivity index (χ2v) is 9.68. The smallest absolute Gasteiger partial charge is 0.411 e. The zero-order valence-corrected chi connectivity index (χ0v) is 20.5. The predicted molar refractivity (Wildman–Crippen MR) is 137 cm³/mol. The summed E-state index contributed by atoms with van der Waals surface area (Å²) in [5.74, 6) is -0.505. The molecule has 8 heteroatoms. The number of aryl methyl sites for hydroxylation is 1. The normalized spacial score (nSPS) is 19.1. The van der Waals surface area contributed by atoms with E-state index in [1.165, 1.54) is 4.90 Å². The first-order valence-electron chi connectivity index (χ1n) is 11.9. The van der Waals surface area contributed by atoms with E-state index in [0.717, 1.165) is 24.0 Å². The van der Waals surface area contributed by atoms with Gasteiger partial charge in [0.15, 0.2) is 12.1 Å². The quantitative estimate of drug-likeness (QED) is 0.461. The number of hydrogen-bond acceptors (Lipinski definition) is 4. The summed E-state index contributed by atoms with van der Waals surface area (Å²) in [5, 5.41) is 6.45. The summed E-state index contributed by atoms with van der Waals surface area (Å²) in [6, 6.07) is 20.8. The van der Waals surface area contributed by atoms with Gasteiger partial charge in [-0.2, -0.15) is 0 Å². The average molecular weight is 504 g/mol. The van der Waals surface area contributed by atoms with Crippen LogP contribution in [0.4, 0.5) is 10.5 Å². The molecule has 2 N–H and O–H groups in total. The van der Waals surface area contributed by atoms with Crippen molar-refractivity contribution >= 4 is 35.2 Å². The number of anilines is 1. The van der Waals surface area contributed by atoms with Crippen molar-refractivity contribution in [2.45, 2.75) is 44.5 Å². The number of nitrogens with zero attached hydrogens (tertiary/aromatic N) is 1. The molecule has 1 saturated heterocycles. The summed E-state index contributed by atoms with van der Waals surface area (Å²) in [7, 11) is 0. The van der Waals surface area contributed by atoms with Crippen molar-refractivity contribution in [2.75, 3.05) is 5.32 Å². The average Bonchev–Trinajstić information content (AvgIpc) is 3.61. The molecule has 5 rings (SSSR count). The summed E-state index contributed by atoms with van der Waals surface area (Å²) < 4.78 is 5.74. The minimum absolute atomic E-state index is 0.127. The van der Waals surface area contributed by atoms with Gasteiger partial charge in [-0.1, -0.05) is 53.6 Å². The first-order chi connectivity index (χ1) is 17.4. The van der Waals surface area contributed by atoms with Crippen LogP contribution in [0, 0.1) is 6.92 Å². The Morgan fingerprint density at radius 2 is 1.81 bits per heavy atom. The molecular formula is C28H26ClN3O4. The molecule has 1 heterocycles. The summed E-state index contributed by atoms with van der Waals surface area (Å²) in [6.07, 6.45) is 0.440. The second kappa shape index (κ2) is 10.0. The van der Waals surface area contributed by atoms with Crippen molar-refractivity contribution in [3.8, 4) is 0 Å². The molecule has 1 aliphatic carbocycles. The molecule has 184 valence electrons. The lowest BCUT2D eigenvalue weighted by atomic mass is 10.00. The standard InChI is InChI=1S/C28H26ClN3O4/c1-17-5-2-8-20(13-17)26(33)31-23-10-4-7-19(15-23)25-24(27(34)30-22-11-12-22)32(28(35)36-25)16-18-6-3-9-21(29)14-18/h2-10,13-15,22,24-25H,11-12,16H2,1H3,(H,30,34)(H,31,33)/t24-,25-/m1/s1. The maximum atomic E-state index is 13.3. The largest absolute Gasteiger partial charge is 0.438 e. The zero-order chi connectivity index (χ0) is 25.2. The Labute approximate surface area is 214 Å². The fraction of sp³-hybridized carbons (Fsp3) is 0.250. The lowest BCUT2D eigenvalue weighted by Gasteiger charge is -2.24. The van der Waals surface area contributed by atoms with Gasteiger partial charge in [0, 0.05) is 22.3 Å². The van der Waals surface area contributed by atoms with E-state index in [9.17, 15) is 14.4 Å². The van der Waals surface area contributed by atoms with Crippen molar-refractivity contribution in [2.24, 2.45) is 0 Å². The van der Waals surface area contributed by atoms with Gasteiger partial charge in [0.2, 0.25) is 5.91 Å². The Bertz CT molecular complexity index is 1320. The van der Waals surface area contributed by atoms with Gasteiger partial charge in [0.25, 0.3) is 5.91 Å². The van der Waals surface area contributed by atoms with Crippen molar-refractivity contribution in [3.05, 3.63) is 100 Å². The molecule has 0 aromatic heterocycles. The molecule has 3 amide bonds. The molecule has 7 nitrogen and oxygen atoms in total. The highest BCUT2D eigenvalue weighted by molar-refractivity contribution is 6.30. The SMILES string of the molecule is Cc1cccc(C(=O)Nc2cccc([C@H]3OC(=O)N(Cc4cccc(Cl)c4)[C@H]3C(=O)NC3CC3)c2)c1. The first-order valence-corrected chi connectivity index (χ1v) is 12.3. The number of amides is 3. The van der Waals surface area contributed by atoms with E-state index in [1.807, 2.05) is 31.2 Å². The van der Waals surface area contributed by atoms with E-state index in [2.05, 4.69) is 10.6 Å². The molecule has 2 atom stereocenters. The lowest BCUT2D eigenvalue weighted by Crippen LogP contribution is -2.46. The Morgan fingerprint density at radius 1 is 1.03 bits per heavy atom. The lowest BCUT2D eigenvalue weighted by molar-refractivity contribution is -0.126. The van der Waals surface area contributed by atoms with Gasteiger partial charge in [-0.15, -0.1) is 0 Å². The Morgan fingerprint density at radius 3 is 2.56 bits per heavy atom. The van der Waals surface area contributed by atoms with Crippen molar-refractivity contribution < 1.29 is 19.1 Å². The summed E-state index contributed by atoms with van der Waals surface area (Å²) >= 11 is 6.13. The molecular weight excluding hydrogens is 478 g/mol. The topological polar surface area (TPSA) is 87.7 Å². The number of benzene rings is 3. The Hall–Kier alpha value is -3.84. The monoisotopic (exact) mass is 503 g/mol. The summed E-state index contributed by atoms with van der Waals surface area (Å²) in [4.78, 5) is 40.4. The number of carbonyl (C=O) groups is 3. The molecule has 2 fully saturated rings. The maximum Gasteiger partial charge on any atom is 0.411 e. The van der Waals surface area contributed by atoms with Gasteiger partial charge in [-0.3, -0.25) is 14.5 Å². The van der Waals surface area contributed by atoms with Crippen molar-refractivity contribution in [3.63, 3.8) is 0 Å². The van der Waals surface area contributed by atoms with Crippen molar-refractivity contribution in [1.29, 1.82) is 0 Å². The second-order valence-electron chi connectivity index (χ2n) is 9.24. The molecule has 3 aromatic rings. The molecule has 36 heavy (non-hydrogen) atoms. The van der Waals surface area contributed by atoms with Crippen LogP contribution in [0.2, 0.25) is 5.02 Å². The van der Waals surface area contributed by atoms with E-state index in [1.54, 1.807) is 48.5 Å². The van der Waals surface area contributed by atoms with Crippen LogP contribution in [0.5, 0.6) is 0 Å². The Kier molecular flexibility index (Phi) is 6.65. The van der Waals surface area contributed by atoms with E-state index < -0.39 is 18.2 Å². The fourth-order valence-corrected chi connectivity index (χ4v) is 4.55. The zero-order valence-electron chi connectivity index (χ0n) is 19.7. The highest BCUT2D eigenvalue weighted by atomic mass is 35.5. The molecule has 0 radical (unpaired) electrons. The number of nitrogens with one attached hydrogen (secondary N) is 2. The highest BCUT2D eigenvalue weighted by Gasteiger charge is 2.48. The molecule has 1 saturated carbocycles. The molecule has 0 spiro atoms. The van der Waals surface area contributed by atoms with Crippen LogP contribution >= 0.6 is 11.6 Å². The van der Waals surface area contributed by atoms with Gasteiger partial charge in [0.05, 0.1) is 6.54 Å². The van der Waals surface area contributed by atoms with Crippen LogP contribution in [0.1, 0.15) is 46.0 Å². The number of hydrogen-bond donors (Lipinski definition) is 2. The van der Waals surface area contributed by atoms with Crippen LogP contribution in [-0.2, 0) is 16.1 Å². The van der Waals surface area contributed by atoms with Gasteiger partial charge in [-0.05, 0) is 67.3 Å². The number of rotatable bonds is 7. The summed E-state index contributed by atoms with van der Waals surface area (Å²) in [5.41, 5.74) is 3.49. The third-order valence-corrected chi connectivity index (χ3v) is 6.51. The van der Waals surface area contributed by atoms with E-state index in [4.69, 9.17) is 16.3 Å². The van der Waals surface area contributed by atoms with Gasteiger partial charge >= 0.3 is 6.09 Å². The third-order valence-electron chi connectivity index (χ3n) is 6.27. The van der Waals surface area contributed by atoms with E-state index in [-0.39, 0.29) is 24.4 Å². The van der Waals surface area contributed by atoms with Crippen LogP contribution in [0.15, 0.2) is 72.8 Å². The molecule has 0 unspecified atom stereocenters. The fourth-order valence-electron chi connectivity index (χ4n) is 4.34. The van der Waals surface area contributed by atoms with Crippen molar-refractivity contribution in [1.82, 2.24) is 10.2 Å². The molecule has 2 aliphatic rings. The van der Waals surface area contributed by atoms with Crippen LogP contribution in [-0.4, -0.2) is 34.9 Å². The minimum atomic E-state index is -0.861. The molecule has 0 bridgehead atoms. The van der Waals surface area contributed by atoms with Gasteiger partial charge in [0.1, 0.15) is 0 Å². The number of ether oxygens (including phenoxy) is 1. The van der Waals surface area contributed by atoms with Crippen LogP contribution < -0.4 is 10.6 Å². The number of halogens is 1. The molecule has 3 aromatic carbocycles. The van der Waals surface area contributed by atoms with Crippen LogP contribution in [0.25, 0.3) is 0 Å². The highest BCUT2D eigenvalue weighted by Crippen LogP contribution is 2.36. The third kappa shape index (κ3) is 5.36. The van der Waals surface area contributed by atoms with E-state index in [0.29, 0.717) is 21.8 Å². The maximum absolute atomic E-state index is 13.3. The van der Waals surface area contributed by atoms with Crippen LogP contribution in [0.3, 0.4) is 0 Å². The number of carbonyl (C=O) groups excluding carboxylic acids is 3. The first kappa shape index (κ1) is 23.9. The number of cyclic esters (lactones) is 1. The van der Waals surface area contributed by atoms with Gasteiger partial charge in [-0.25, -0.2) is 4.79 Å². The minimum Gasteiger partial charge on any atom is -0.438 e. The molecule has 1 aliphatic heterocycles. The van der Waals surface area contributed by atoms with E-state index >= 15 is 0 Å². The summed E-state index contributed by atoms with van der Waals surface area (Å²) in [6.45, 7) is 2.11. The van der Waals surface area contributed by atoms with Gasteiger partial charge < -0.3 is 15.4 Å². The predicted octanol–water partition coefficient (Wildman–Crippen LogP) is 5.24. The Balaban J connectivity index is 1.41.